The summed E-state index contributed by atoms with van der Waals surface area (Å²) < 4.78 is 16.7. The molecule has 0 spiro atoms. The van der Waals surface area contributed by atoms with E-state index in [9.17, 15) is 9.59 Å². The molecule has 7 nitrogen and oxygen atoms in total. The molecule has 0 aliphatic heterocycles. The minimum absolute atomic E-state index is 0.0842. The summed E-state index contributed by atoms with van der Waals surface area (Å²) in [7, 11) is 1.53. The van der Waals surface area contributed by atoms with Gasteiger partial charge in [-0.05, 0) is 12.1 Å². The quantitative estimate of drug-likeness (QED) is 0.667. The van der Waals surface area contributed by atoms with Gasteiger partial charge in [-0.3, -0.25) is 9.20 Å². The fourth-order valence-corrected chi connectivity index (χ4v) is 2.62. The van der Waals surface area contributed by atoms with E-state index in [1.54, 1.807) is 17.6 Å². The highest BCUT2D eigenvalue weighted by Crippen LogP contribution is 2.12. The van der Waals surface area contributed by atoms with E-state index in [1.165, 1.54) is 35.0 Å². The highest BCUT2D eigenvalue weighted by molar-refractivity contribution is 7.15. The second-order valence-electron chi connectivity index (χ2n) is 4.42. The molecular formula is C14H12N2O5S. The smallest absolute Gasteiger partial charge is 0.374 e. The predicted octanol–water partition coefficient (Wildman–Crippen LogP) is 1.85. The van der Waals surface area contributed by atoms with Crippen molar-refractivity contribution < 1.29 is 18.7 Å². The Morgan fingerprint density at radius 2 is 2.27 bits per heavy atom. The van der Waals surface area contributed by atoms with Crippen LogP contribution in [0.1, 0.15) is 22.0 Å². The molecule has 3 rings (SSSR count). The largest absolute Gasteiger partial charge is 0.453 e. The van der Waals surface area contributed by atoms with E-state index < -0.39 is 5.97 Å². The van der Waals surface area contributed by atoms with Crippen LogP contribution in [0.25, 0.3) is 4.96 Å². The molecule has 0 aromatic carbocycles. The molecule has 0 bridgehead atoms. The van der Waals surface area contributed by atoms with Gasteiger partial charge in [0.25, 0.3) is 5.56 Å². The number of hydrogen-bond donors (Lipinski definition) is 0. The molecule has 0 saturated heterocycles. The van der Waals surface area contributed by atoms with Gasteiger partial charge in [0.1, 0.15) is 19.0 Å². The highest BCUT2D eigenvalue weighted by atomic mass is 32.1. The van der Waals surface area contributed by atoms with Gasteiger partial charge in [-0.2, -0.15) is 0 Å². The summed E-state index contributed by atoms with van der Waals surface area (Å²) >= 11 is 1.33. The number of hydrogen-bond acceptors (Lipinski definition) is 7. The molecule has 3 aromatic rings. The maximum Gasteiger partial charge on any atom is 0.374 e. The summed E-state index contributed by atoms with van der Waals surface area (Å²) in [6.45, 7) is 0.184. The SMILES string of the molecule is COCc1ccc(C(=O)OCc2cc(=O)n3ccsc3n2)o1. The Labute approximate surface area is 128 Å². The second-order valence-corrected chi connectivity index (χ2v) is 5.29. The Bertz CT molecular complexity index is 863. The summed E-state index contributed by atoms with van der Waals surface area (Å²) in [4.78, 5) is 28.5. The topological polar surface area (TPSA) is 83.0 Å². The maximum absolute atomic E-state index is 11.9. The van der Waals surface area contributed by atoms with E-state index in [4.69, 9.17) is 13.9 Å². The van der Waals surface area contributed by atoms with Crippen molar-refractivity contribution in [3.05, 3.63) is 57.3 Å². The first-order chi connectivity index (χ1) is 10.7. The zero-order valence-electron chi connectivity index (χ0n) is 11.6. The lowest BCUT2D eigenvalue weighted by Crippen LogP contribution is -2.14. The van der Waals surface area contributed by atoms with Gasteiger partial charge in [-0.25, -0.2) is 9.78 Å². The molecule has 0 atom stereocenters. The van der Waals surface area contributed by atoms with Gasteiger partial charge in [0, 0.05) is 24.8 Å². The summed E-state index contributed by atoms with van der Waals surface area (Å²) in [6.07, 6.45) is 1.64. The van der Waals surface area contributed by atoms with Crippen LogP contribution < -0.4 is 5.56 Å². The van der Waals surface area contributed by atoms with Crippen LogP contribution in [0, 0.1) is 0 Å². The number of carbonyl (C=O) groups is 1. The van der Waals surface area contributed by atoms with Crippen molar-refractivity contribution in [2.75, 3.05) is 7.11 Å². The Hall–Kier alpha value is -2.45. The molecule has 0 aliphatic carbocycles. The molecule has 0 unspecified atom stereocenters. The maximum atomic E-state index is 11.9. The third-order valence-electron chi connectivity index (χ3n) is 2.86. The van der Waals surface area contributed by atoms with E-state index in [1.807, 2.05) is 0 Å². The number of carbonyl (C=O) groups excluding carboxylic acids is 1. The average Bonchev–Trinajstić information content (AvgIpc) is 3.14. The monoisotopic (exact) mass is 320 g/mol. The molecule has 0 saturated carbocycles. The number of aromatic nitrogens is 2. The van der Waals surface area contributed by atoms with Crippen LogP contribution in [0.15, 0.2) is 39.0 Å². The van der Waals surface area contributed by atoms with E-state index in [0.29, 0.717) is 16.4 Å². The van der Waals surface area contributed by atoms with Gasteiger partial charge in [0.15, 0.2) is 4.96 Å². The zero-order valence-corrected chi connectivity index (χ0v) is 12.5. The van der Waals surface area contributed by atoms with E-state index in [2.05, 4.69) is 4.98 Å². The first-order valence-electron chi connectivity index (χ1n) is 6.38. The number of nitrogens with zero attached hydrogens (tertiary/aromatic N) is 2. The number of furan rings is 1. The van der Waals surface area contributed by atoms with Crippen LogP contribution in [0.5, 0.6) is 0 Å². The lowest BCUT2D eigenvalue weighted by Gasteiger charge is -2.02. The van der Waals surface area contributed by atoms with Gasteiger partial charge in [0.2, 0.25) is 5.76 Å². The standard InChI is InChI=1S/C14H12N2O5S/c1-19-8-10-2-3-11(21-10)13(18)20-7-9-6-12(17)16-4-5-22-14(16)15-9/h2-6H,7-8H2,1H3. The molecule has 3 aromatic heterocycles. The summed E-state index contributed by atoms with van der Waals surface area (Å²) in [5.74, 6) is 0.00216. The van der Waals surface area contributed by atoms with Gasteiger partial charge in [-0.1, -0.05) is 0 Å². The van der Waals surface area contributed by atoms with Crippen LogP contribution in [0.2, 0.25) is 0 Å². The summed E-state index contributed by atoms with van der Waals surface area (Å²) in [5, 5.41) is 1.76. The minimum atomic E-state index is -0.615. The average molecular weight is 320 g/mol. The number of rotatable bonds is 5. The van der Waals surface area contributed by atoms with Gasteiger partial charge >= 0.3 is 5.97 Å². The number of fused-ring (bicyclic) bond motifs is 1. The Morgan fingerprint density at radius 1 is 1.41 bits per heavy atom. The fourth-order valence-electron chi connectivity index (χ4n) is 1.88. The van der Waals surface area contributed by atoms with Gasteiger partial charge in [-0.15, -0.1) is 11.3 Å². The van der Waals surface area contributed by atoms with E-state index >= 15 is 0 Å². The first kappa shape index (κ1) is 14.5. The summed E-state index contributed by atoms with van der Waals surface area (Å²) in [5.41, 5.74) is 0.183. The zero-order chi connectivity index (χ0) is 15.5. The molecular weight excluding hydrogens is 308 g/mol. The van der Waals surface area contributed by atoms with E-state index in [-0.39, 0.29) is 24.5 Å². The molecule has 22 heavy (non-hydrogen) atoms. The molecule has 0 N–H and O–H groups in total. The lowest BCUT2D eigenvalue weighted by molar-refractivity contribution is 0.0425. The van der Waals surface area contributed by atoms with Gasteiger partial charge in [0.05, 0.1) is 5.69 Å². The number of thiazole rings is 1. The number of ether oxygens (including phenoxy) is 2. The molecule has 0 amide bonds. The van der Waals surface area contributed by atoms with Gasteiger partial charge < -0.3 is 13.9 Å². The van der Waals surface area contributed by atoms with Crippen molar-refractivity contribution in [2.24, 2.45) is 0 Å². The molecule has 3 heterocycles. The van der Waals surface area contributed by atoms with Crippen molar-refractivity contribution in [2.45, 2.75) is 13.2 Å². The van der Waals surface area contributed by atoms with Crippen LogP contribution >= 0.6 is 11.3 Å². The second kappa shape index (κ2) is 6.12. The lowest BCUT2D eigenvalue weighted by atomic mass is 10.4. The minimum Gasteiger partial charge on any atom is -0.453 e. The van der Waals surface area contributed by atoms with Crippen LogP contribution in [-0.2, 0) is 22.7 Å². The first-order valence-corrected chi connectivity index (χ1v) is 7.26. The molecule has 114 valence electrons. The van der Waals surface area contributed by atoms with Crippen LogP contribution in [0.3, 0.4) is 0 Å². The summed E-state index contributed by atoms with van der Waals surface area (Å²) in [6, 6.07) is 4.50. The molecule has 0 fully saturated rings. The molecule has 0 radical (unpaired) electrons. The number of esters is 1. The fraction of sp³-hybridized carbons (Fsp3) is 0.214. The Kier molecular flexibility index (Phi) is 4.03. The van der Waals surface area contributed by atoms with Crippen molar-refractivity contribution in [1.82, 2.24) is 9.38 Å². The molecule has 8 heteroatoms. The van der Waals surface area contributed by atoms with Crippen molar-refractivity contribution >= 4 is 22.3 Å². The third kappa shape index (κ3) is 2.92. The molecule has 0 aliphatic rings. The normalized spacial score (nSPS) is 11.0. The Balaban J connectivity index is 1.70. The predicted molar refractivity (Wildman–Crippen MR) is 77.9 cm³/mol. The Morgan fingerprint density at radius 3 is 3.09 bits per heavy atom. The number of methoxy groups -OCH3 is 1. The van der Waals surface area contributed by atoms with Crippen LogP contribution in [-0.4, -0.2) is 22.5 Å². The van der Waals surface area contributed by atoms with Crippen molar-refractivity contribution in [3.8, 4) is 0 Å². The van der Waals surface area contributed by atoms with Crippen LogP contribution in [0.4, 0.5) is 0 Å². The van der Waals surface area contributed by atoms with Crippen molar-refractivity contribution in [1.29, 1.82) is 0 Å². The highest BCUT2D eigenvalue weighted by Gasteiger charge is 2.14. The van der Waals surface area contributed by atoms with E-state index in [0.717, 1.165) is 0 Å². The third-order valence-corrected chi connectivity index (χ3v) is 3.61. The van der Waals surface area contributed by atoms with Crippen molar-refractivity contribution in [3.63, 3.8) is 0 Å².